The third-order valence-electron chi connectivity index (χ3n) is 13.2. The van der Waals surface area contributed by atoms with Gasteiger partial charge in [0.2, 0.25) is 11.8 Å². The summed E-state index contributed by atoms with van der Waals surface area (Å²) in [5, 5.41) is 17.9. The van der Waals surface area contributed by atoms with Crippen molar-refractivity contribution in [3.8, 4) is 6.07 Å². The monoisotopic (exact) mass is 865 g/mol. The predicted molar refractivity (Wildman–Crippen MR) is 230 cm³/mol. The second-order valence-corrected chi connectivity index (χ2v) is 17.0. The molecule has 0 radical (unpaired) electrons. The van der Waals surface area contributed by atoms with Gasteiger partial charge in [0.05, 0.1) is 28.7 Å². The van der Waals surface area contributed by atoms with Crippen molar-refractivity contribution in [1.29, 1.82) is 5.26 Å². The number of hydrogen-bond donors (Lipinski definition) is 3. The lowest BCUT2D eigenvalue weighted by molar-refractivity contribution is -0.136. The summed E-state index contributed by atoms with van der Waals surface area (Å²) in [5.74, 6) is -2.41. The molecule has 5 amide bonds. The molecule has 1 aliphatic carbocycles. The number of hydrogen-bond acceptors (Lipinski definition) is 14. The van der Waals surface area contributed by atoms with Crippen molar-refractivity contribution in [1.82, 2.24) is 44.9 Å². The van der Waals surface area contributed by atoms with E-state index in [1.54, 1.807) is 18.5 Å². The number of nitrogens with one attached hydrogen (secondary N) is 3. The maximum atomic E-state index is 15.5. The molecule has 0 bridgehead atoms. The van der Waals surface area contributed by atoms with Gasteiger partial charge in [0.15, 0.2) is 17.0 Å². The first-order chi connectivity index (χ1) is 31.1. The van der Waals surface area contributed by atoms with Crippen LogP contribution in [0.4, 0.5) is 27.3 Å². The molecule has 0 spiro atoms. The summed E-state index contributed by atoms with van der Waals surface area (Å²) in [6.07, 6.45) is 7.95. The third-order valence-corrected chi connectivity index (χ3v) is 13.2. The molecular formula is C45H44FN13O5. The molecule has 7 heterocycles. The molecule has 19 heteroatoms. The number of piperidine rings is 2. The largest absolute Gasteiger partial charge is 0.369 e. The van der Waals surface area contributed by atoms with E-state index in [2.05, 4.69) is 57.8 Å². The zero-order valence-corrected chi connectivity index (χ0v) is 34.7. The van der Waals surface area contributed by atoms with Crippen LogP contribution in [0.2, 0.25) is 0 Å². The average molecular weight is 866 g/mol. The van der Waals surface area contributed by atoms with E-state index in [1.807, 2.05) is 27.7 Å². The number of carbonyl (C=O) groups excluding carboxylic acids is 5. The third kappa shape index (κ3) is 7.63. The van der Waals surface area contributed by atoms with Crippen LogP contribution in [0.1, 0.15) is 81.3 Å². The minimum absolute atomic E-state index is 0.0173. The maximum absolute atomic E-state index is 15.5. The zero-order valence-electron chi connectivity index (χ0n) is 34.7. The Bertz CT molecular complexity index is 2730. The summed E-state index contributed by atoms with van der Waals surface area (Å²) >= 11 is 0. The molecule has 4 fully saturated rings. The van der Waals surface area contributed by atoms with E-state index < -0.39 is 35.5 Å². The van der Waals surface area contributed by atoms with E-state index in [0.717, 1.165) is 67.9 Å². The fraction of sp³-hybridized carbons (Fsp3) is 0.378. The standard InChI is InChI=1S/C45H44FN13O5/c46-34-20-32-33(45(64)59(44(32)63)35-7-8-37(60)54-42(35)61)21-36(34)57-12-9-26(10-13-57)23-55-14-16-56(17-15-55)30-5-3-28(4-6-30)52-40-39-41(50-24-49-40)58(25-51-39)31-18-29(19-31)53-43(62)38-27(22-47)2-1-11-48-38/h1-6,11,20-21,24-26,29,31,35H,7-10,12-19,23H2,(H,53,62)(H,49,50,52)(H,54,60,61). The van der Waals surface area contributed by atoms with Gasteiger partial charge in [-0.05, 0) is 86.6 Å². The lowest BCUT2D eigenvalue weighted by Crippen LogP contribution is -2.54. The number of fused-ring (bicyclic) bond motifs is 2. The molecule has 64 heavy (non-hydrogen) atoms. The number of aromatic nitrogens is 5. The number of nitrogens with zero attached hydrogens (tertiary/aromatic N) is 10. The van der Waals surface area contributed by atoms with Crippen LogP contribution >= 0.6 is 0 Å². The first-order valence-electron chi connectivity index (χ1n) is 21.6. The zero-order chi connectivity index (χ0) is 44.1. The van der Waals surface area contributed by atoms with E-state index in [-0.39, 0.29) is 58.9 Å². The molecule has 1 saturated carbocycles. The fourth-order valence-electron chi connectivity index (χ4n) is 9.60. The van der Waals surface area contributed by atoms with Crippen molar-refractivity contribution in [3.05, 3.63) is 95.6 Å². The summed E-state index contributed by atoms with van der Waals surface area (Å²) in [4.78, 5) is 88.7. The van der Waals surface area contributed by atoms with Gasteiger partial charge in [0.25, 0.3) is 17.7 Å². The fourth-order valence-corrected chi connectivity index (χ4v) is 9.60. The van der Waals surface area contributed by atoms with Gasteiger partial charge in [-0.2, -0.15) is 5.26 Å². The van der Waals surface area contributed by atoms with E-state index in [1.165, 1.54) is 18.6 Å². The number of imide groups is 2. The van der Waals surface area contributed by atoms with Gasteiger partial charge in [0.1, 0.15) is 29.9 Å². The Morgan fingerprint density at radius 3 is 2.36 bits per heavy atom. The van der Waals surface area contributed by atoms with Gasteiger partial charge < -0.3 is 25.0 Å². The maximum Gasteiger partial charge on any atom is 0.271 e. The number of rotatable bonds is 10. The number of carbonyl (C=O) groups is 5. The Balaban J connectivity index is 0.688. The molecule has 3 saturated heterocycles. The molecule has 3 aromatic heterocycles. The van der Waals surface area contributed by atoms with Crippen LogP contribution in [0.3, 0.4) is 0 Å². The normalized spacial score (nSPS) is 21.7. The number of benzene rings is 2. The summed E-state index contributed by atoms with van der Waals surface area (Å²) in [6.45, 7) is 5.78. The minimum Gasteiger partial charge on any atom is -0.369 e. The van der Waals surface area contributed by atoms with Crippen LogP contribution in [-0.4, -0.2) is 122 Å². The average Bonchev–Trinajstić information content (AvgIpc) is 3.83. The Morgan fingerprint density at radius 2 is 1.62 bits per heavy atom. The Kier molecular flexibility index (Phi) is 10.7. The highest BCUT2D eigenvalue weighted by molar-refractivity contribution is 6.23. The van der Waals surface area contributed by atoms with E-state index in [4.69, 9.17) is 0 Å². The van der Waals surface area contributed by atoms with E-state index >= 15 is 4.39 Å². The molecule has 18 nitrogen and oxygen atoms in total. The Hall–Kier alpha value is -7.33. The minimum atomic E-state index is -1.10. The molecule has 1 atom stereocenters. The Labute approximate surface area is 366 Å². The lowest BCUT2D eigenvalue weighted by Gasteiger charge is -2.40. The molecule has 4 aliphatic heterocycles. The molecule has 326 valence electrons. The first-order valence-corrected chi connectivity index (χ1v) is 21.6. The van der Waals surface area contributed by atoms with Gasteiger partial charge in [0, 0.05) is 81.9 Å². The van der Waals surface area contributed by atoms with Crippen LogP contribution in [-0.2, 0) is 9.59 Å². The highest BCUT2D eigenvalue weighted by Crippen LogP contribution is 2.37. The lowest BCUT2D eigenvalue weighted by atomic mass is 9.86. The number of anilines is 4. The van der Waals surface area contributed by atoms with Crippen molar-refractivity contribution in [2.24, 2.45) is 5.92 Å². The van der Waals surface area contributed by atoms with Crippen LogP contribution in [0, 0.1) is 23.1 Å². The summed E-state index contributed by atoms with van der Waals surface area (Å²) in [7, 11) is 0. The number of nitriles is 1. The molecule has 3 N–H and O–H groups in total. The van der Waals surface area contributed by atoms with Crippen molar-refractivity contribution in [2.45, 2.75) is 56.7 Å². The number of pyridine rings is 1. The number of amides is 5. The topological polar surface area (TPSA) is 215 Å². The number of imidazole rings is 1. The molecule has 5 aliphatic rings. The van der Waals surface area contributed by atoms with Crippen molar-refractivity contribution >= 4 is 63.6 Å². The number of piperazine rings is 1. The Morgan fingerprint density at radius 1 is 0.875 bits per heavy atom. The van der Waals surface area contributed by atoms with Gasteiger partial charge in [-0.3, -0.25) is 39.1 Å². The van der Waals surface area contributed by atoms with Crippen LogP contribution in [0.15, 0.2) is 67.4 Å². The molecule has 10 rings (SSSR count). The van der Waals surface area contributed by atoms with Crippen molar-refractivity contribution in [3.63, 3.8) is 0 Å². The van der Waals surface area contributed by atoms with Gasteiger partial charge in [-0.25, -0.2) is 24.3 Å². The number of halogens is 1. The van der Waals surface area contributed by atoms with Gasteiger partial charge in [-0.15, -0.1) is 0 Å². The molecule has 1 unspecified atom stereocenters. The van der Waals surface area contributed by atoms with Gasteiger partial charge in [-0.1, -0.05) is 0 Å². The van der Waals surface area contributed by atoms with E-state index in [0.29, 0.717) is 48.8 Å². The van der Waals surface area contributed by atoms with Crippen LogP contribution in [0.25, 0.3) is 11.2 Å². The van der Waals surface area contributed by atoms with Crippen molar-refractivity contribution in [2.75, 3.05) is 60.9 Å². The van der Waals surface area contributed by atoms with E-state index in [9.17, 15) is 29.2 Å². The predicted octanol–water partition coefficient (Wildman–Crippen LogP) is 3.55. The second-order valence-electron chi connectivity index (χ2n) is 17.0. The van der Waals surface area contributed by atoms with Crippen molar-refractivity contribution < 1.29 is 28.4 Å². The van der Waals surface area contributed by atoms with Crippen LogP contribution < -0.4 is 25.8 Å². The molecular weight excluding hydrogens is 822 g/mol. The van der Waals surface area contributed by atoms with Crippen LogP contribution in [0.5, 0.6) is 0 Å². The summed E-state index contributed by atoms with van der Waals surface area (Å²) in [6, 6.07) is 15.0. The summed E-state index contributed by atoms with van der Waals surface area (Å²) < 4.78 is 17.5. The molecule has 2 aromatic carbocycles. The highest BCUT2D eigenvalue weighted by atomic mass is 19.1. The smallest absolute Gasteiger partial charge is 0.271 e. The first kappa shape index (κ1) is 40.7. The highest BCUT2D eigenvalue weighted by Gasteiger charge is 2.45. The quantitative estimate of drug-likeness (QED) is 0.171. The summed E-state index contributed by atoms with van der Waals surface area (Å²) in [5.41, 5.74) is 4.03. The SMILES string of the molecule is N#Cc1cccnc1C(=O)NC1CC(n2cnc3c(Nc4ccc(N5CCN(CC6CCN(c7cc8c(cc7F)C(=O)N(C7CCC(=O)NC7=O)C8=O)CC6)CC5)cc4)ncnc32)C1. The van der Waals surface area contributed by atoms with Gasteiger partial charge >= 0.3 is 0 Å². The second kappa shape index (κ2) is 16.7. The molecule has 5 aromatic rings.